The molecule has 8 rings (SSSR count). The molecule has 6 aromatic carbocycles. The van der Waals surface area contributed by atoms with E-state index in [0.29, 0.717) is 0 Å². The minimum atomic E-state index is -0.219. The van der Waals surface area contributed by atoms with E-state index in [1.165, 1.54) is 25.1 Å². The number of nitrogens with zero attached hydrogens (tertiary/aromatic N) is 1. The Hall–Kier alpha value is -4.12. The van der Waals surface area contributed by atoms with Crippen LogP contribution in [-0.4, -0.2) is 4.98 Å². The van der Waals surface area contributed by atoms with E-state index in [1.54, 1.807) is 12.1 Å². The van der Waals surface area contributed by atoms with E-state index < -0.39 is 0 Å². The van der Waals surface area contributed by atoms with Gasteiger partial charge in [-0.1, -0.05) is 96.3 Å². The van der Waals surface area contributed by atoms with E-state index in [0.717, 1.165) is 49.1 Å². The molecule has 0 bridgehead atoms. The van der Waals surface area contributed by atoms with Crippen molar-refractivity contribution in [3.8, 4) is 22.4 Å². The Morgan fingerprint density at radius 2 is 1.13 bits per heavy atom. The minimum Gasteiger partial charge on any atom is -0.256 e. The Bertz CT molecular complexity index is 2080. The zero-order valence-corrected chi connectivity index (χ0v) is 22.3. The molecule has 4 heteroatoms. The first-order chi connectivity index (χ1) is 19.2. The van der Waals surface area contributed by atoms with Crippen molar-refractivity contribution >= 4 is 55.8 Å². The van der Waals surface area contributed by atoms with Crippen LogP contribution in [0.4, 0.5) is 4.39 Å². The molecule has 0 amide bonds. The molecule has 0 aliphatic carbocycles. The van der Waals surface area contributed by atoms with Crippen LogP contribution in [0.2, 0.25) is 0 Å². The lowest BCUT2D eigenvalue weighted by Gasteiger charge is -2.21. The van der Waals surface area contributed by atoms with E-state index in [4.69, 9.17) is 4.98 Å². The van der Waals surface area contributed by atoms with Crippen LogP contribution < -0.4 is 0 Å². The van der Waals surface area contributed by atoms with E-state index in [9.17, 15) is 4.39 Å². The van der Waals surface area contributed by atoms with Crippen molar-refractivity contribution in [1.29, 1.82) is 0 Å². The van der Waals surface area contributed by atoms with Crippen LogP contribution in [0.15, 0.2) is 141 Å². The van der Waals surface area contributed by atoms with Crippen LogP contribution in [0.25, 0.3) is 54.7 Å². The largest absolute Gasteiger partial charge is 0.256 e. The summed E-state index contributed by atoms with van der Waals surface area (Å²) in [5.41, 5.74) is 4.28. The maximum Gasteiger partial charge on any atom is 0.123 e. The molecule has 1 aliphatic rings. The fourth-order valence-electron chi connectivity index (χ4n) is 5.59. The van der Waals surface area contributed by atoms with Crippen molar-refractivity contribution in [2.24, 2.45) is 0 Å². The Balaban J connectivity index is 1.23. The molecule has 1 aliphatic heterocycles. The van der Waals surface area contributed by atoms with E-state index in [2.05, 4.69) is 91.0 Å². The number of pyridine rings is 1. The lowest BCUT2D eigenvalue weighted by atomic mass is 9.92. The maximum atomic E-state index is 14.3. The summed E-state index contributed by atoms with van der Waals surface area (Å²) < 4.78 is 14.3. The average molecular weight is 538 g/mol. The molecular weight excluding hydrogens is 518 g/mol. The predicted molar refractivity (Wildman–Crippen MR) is 162 cm³/mol. The second-order valence-electron chi connectivity index (χ2n) is 9.71. The normalized spacial score (nSPS) is 12.5. The summed E-state index contributed by atoms with van der Waals surface area (Å²) in [5, 5.41) is 6.46. The minimum absolute atomic E-state index is 0.219. The van der Waals surface area contributed by atoms with Crippen molar-refractivity contribution in [2.75, 3.05) is 0 Å². The van der Waals surface area contributed by atoms with Gasteiger partial charge in [-0.2, -0.15) is 0 Å². The molecule has 39 heavy (non-hydrogen) atoms. The van der Waals surface area contributed by atoms with Gasteiger partial charge in [-0.15, -0.1) is 0 Å². The Morgan fingerprint density at radius 3 is 1.95 bits per heavy atom. The SMILES string of the molecule is Fc1ccc2c3ccccc3c3cc(-c4ccc(-c5cccc6c5Sc5ccccc5S6)cn4)ccc3c2c1. The van der Waals surface area contributed by atoms with Gasteiger partial charge >= 0.3 is 0 Å². The fourth-order valence-corrected chi connectivity index (χ4v) is 7.99. The second kappa shape index (κ2) is 8.98. The first-order valence-electron chi connectivity index (χ1n) is 12.8. The summed E-state index contributed by atoms with van der Waals surface area (Å²) in [7, 11) is 0. The molecule has 0 atom stereocenters. The van der Waals surface area contributed by atoms with Gasteiger partial charge in [-0.3, -0.25) is 4.98 Å². The van der Waals surface area contributed by atoms with E-state index >= 15 is 0 Å². The van der Waals surface area contributed by atoms with Crippen molar-refractivity contribution in [3.05, 3.63) is 127 Å². The van der Waals surface area contributed by atoms with Gasteiger partial charge in [0.05, 0.1) is 5.69 Å². The second-order valence-corrected chi connectivity index (χ2v) is 11.8. The third kappa shape index (κ3) is 3.75. The number of fused-ring (bicyclic) bond motifs is 8. The molecule has 0 spiro atoms. The van der Waals surface area contributed by atoms with Crippen molar-refractivity contribution in [3.63, 3.8) is 0 Å². The monoisotopic (exact) mass is 537 g/mol. The van der Waals surface area contributed by atoms with Crippen molar-refractivity contribution in [1.82, 2.24) is 4.98 Å². The van der Waals surface area contributed by atoms with Gasteiger partial charge in [0.15, 0.2) is 0 Å². The van der Waals surface area contributed by atoms with Crippen LogP contribution in [0.1, 0.15) is 0 Å². The number of hydrogen-bond donors (Lipinski definition) is 0. The van der Waals surface area contributed by atoms with Crippen molar-refractivity contribution in [2.45, 2.75) is 19.6 Å². The number of halogens is 1. The Kier molecular flexibility index (Phi) is 5.25. The smallest absolute Gasteiger partial charge is 0.123 e. The molecule has 2 heterocycles. The molecule has 0 radical (unpaired) electrons. The van der Waals surface area contributed by atoms with Crippen LogP contribution in [0.5, 0.6) is 0 Å². The van der Waals surface area contributed by atoms with Crippen LogP contribution in [0.3, 0.4) is 0 Å². The summed E-state index contributed by atoms with van der Waals surface area (Å²) in [5.74, 6) is -0.219. The summed E-state index contributed by atoms with van der Waals surface area (Å²) in [4.78, 5) is 10.1. The van der Waals surface area contributed by atoms with Gasteiger partial charge in [0.1, 0.15) is 5.82 Å². The van der Waals surface area contributed by atoms with Gasteiger partial charge in [-0.25, -0.2) is 4.39 Å². The molecule has 0 saturated carbocycles. The third-order valence-corrected chi connectivity index (χ3v) is 10.0. The van der Waals surface area contributed by atoms with Gasteiger partial charge in [0.25, 0.3) is 0 Å². The lowest BCUT2D eigenvalue weighted by Crippen LogP contribution is -1.93. The Morgan fingerprint density at radius 1 is 0.487 bits per heavy atom. The van der Waals surface area contributed by atoms with Crippen LogP contribution >= 0.6 is 23.5 Å². The summed E-state index contributed by atoms with van der Waals surface area (Å²) >= 11 is 3.66. The molecule has 0 fully saturated rings. The molecule has 7 aromatic rings. The van der Waals surface area contributed by atoms with Crippen LogP contribution in [-0.2, 0) is 0 Å². The molecule has 1 aromatic heterocycles. The highest BCUT2D eigenvalue weighted by molar-refractivity contribution is 8.05. The summed E-state index contributed by atoms with van der Waals surface area (Å²) in [6, 6.07) is 39.2. The molecular formula is C35H20FNS2. The van der Waals surface area contributed by atoms with E-state index in [-0.39, 0.29) is 5.82 Å². The first kappa shape index (κ1) is 22.8. The number of benzene rings is 6. The number of rotatable bonds is 2. The maximum absolute atomic E-state index is 14.3. The summed E-state index contributed by atoms with van der Waals surface area (Å²) in [6.07, 6.45) is 1.98. The topological polar surface area (TPSA) is 12.9 Å². The standard InChI is InChI=1S/C35H20FNS2/c36-23-14-16-27-25-6-1-2-7-26(25)29-18-21(12-15-28(29)30(27)19-23)31-17-13-22(20-37-31)24-8-5-11-34-35(24)39-33-10-4-3-9-32(33)38-34/h1-20H. The highest BCUT2D eigenvalue weighted by Gasteiger charge is 2.20. The first-order valence-corrected chi connectivity index (χ1v) is 14.4. The van der Waals surface area contributed by atoms with Gasteiger partial charge in [0.2, 0.25) is 0 Å². The summed E-state index contributed by atoms with van der Waals surface area (Å²) in [6.45, 7) is 0. The molecule has 1 nitrogen and oxygen atoms in total. The molecule has 0 N–H and O–H groups in total. The quantitative estimate of drug-likeness (QED) is 0.204. The zero-order valence-electron chi connectivity index (χ0n) is 20.7. The van der Waals surface area contributed by atoms with Crippen molar-refractivity contribution < 1.29 is 4.39 Å². The highest BCUT2D eigenvalue weighted by Crippen LogP contribution is 2.51. The number of aromatic nitrogens is 1. The fraction of sp³-hybridized carbons (Fsp3) is 0. The zero-order chi connectivity index (χ0) is 25.9. The molecule has 0 saturated heterocycles. The van der Waals surface area contributed by atoms with Gasteiger partial charge in [-0.05, 0) is 80.3 Å². The van der Waals surface area contributed by atoms with Crippen LogP contribution in [0, 0.1) is 5.82 Å². The molecule has 0 unspecified atom stereocenters. The average Bonchev–Trinajstić information content (AvgIpc) is 2.99. The predicted octanol–water partition coefficient (Wildman–Crippen LogP) is 10.6. The molecule has 184 valence electrons. The number of hydrogen-bond acceptors (Lipinski definition) is 3. The Labute approximate surface area is 233 Å². The third-order valence-electron chi connectivity index (χ3n) is 7.43. The van der Waals surface area contributed by atoms with E-state index in [1.807, 2.05) is 41.9 Å². The lowest BCUT2D eigenvalue weighted by molar-refractivity contribution is 0.630. The van der Waals surface area contributed by atoms with Gasteiger partial charge in [0, 0.05) is 36.9 Å². The highest BCUT2D eigenvalue weighted by atomic mass is 32.2. The van der Waals surface area contributed by atoms with Gasteiger partial charge < -0.3 is 0 Å².